The Morgan fingerprint density at radius 1 is 0.900 bits per heavy atom. The highest BCUT2D eigenvalue weighted by Gasteiger charge is 2.25. The predicted octanol–water partition coefficient (Wildman–Crippen LogP) is 4.57. The summed E-state index contributed by atoms with van der Waals surface area (Å²) in [7, 11) is -3.30. The third kappa shape index (κ3) is 5.43. The second kappa shape index (κ2) is 10.2. The van der Waals surface area contributed by atoms with Crippen LogP contribution in [0.5, 0.6) is 0 Å². The average molecular weight is 320 g/mol. The van der Waals surface area contributed by atoms with E-state index < -0.39 is 10.0 Å². The van der Waals surface area contributed by atoms with Crippen molar-refractivity contribution in [2.45, 2.75) is 51.9 Å². The van der Waals surface area contributed by atoms with E-state index >= 15 is 0 Å². The van der Waals surface area contributed by atoms with Crippen molar-refractivity contribution in [3.05, 3.63) is 29.3 Å². The van der Waals surface area contributed by atoms with Crippen LogP contribution in [0.2, 0.25) is 5.02 Å². The molecule has 1 heterocycles. The molecule has 0 radical (unpaired) electrons. The maximum atomic E-state index is 12.2. The molecule has 1 aliphatic heterocycles. The number of hydrogen-bond donors (Lipinski definition) is 0. The first-order valence-electron chi connectivity index (χ1n) is 7.36. The van der Waals surface area contributed by atoms with E-state index in [1.54, 1.807) is 28.6 Å². The Kier molecular flexibility index (Phi) is 9.90. The molecule has 0 unspecified atom stereocenters. The van der Waals surface area contributed by atoms with Gasteiger partial charge < -0.3 is 0 Å². The van der Waals surface area contributed by atoms with Gasteiger partial charge in [0.1, 0.15) is 0 Å². The van der Waals surface area contributed by atoms with Gasteiger partial charge >= 0.3 is 0 Å². The number of piperidine rings is 1. The quantitative estimate of drug-likeness (QED) is 0.801. The summed E-state index contributed by atoms with van der Waals surface area (Å²) in [5, 5.41) is 0.553. The Bertz CT molecular complexity index is 451. The van der Waals surface area contributed by atoms with Gasteiger partial charge in [0.2, 0.25) is 10.0 Å². The lowest BCUT2D eigenvalue weighted by atomic mass is 10.2. The minimum atomic E-state index is -3.30. The Labute approximate surface area is 129 Å². The topological polar surface area (TPSA) is 37.4 Å². The van der Waals surface area contributed by atoms with E-state index in [9.17, 15) is 8.42 Å². The lowest BCUT2D eigenvalue weighted by Crippen LogP contribution is -2.35. The van der Waals surface area contributed by atoms with Crippen molar-refractivity contribution in [3.8, 4) is 0 Å². The number of benzene rings is 1. The van der Waals surface area contributed by atoms with Crippen molar-refractivity contribution in [1.29, 1.82) is 0 Å². The molecule has 0 N–H and O–H groups in total. The molecule has 0 atom stereocenters. The maximum Gasteiger partial charge on any atom is 0.243 e. The van der Waals surface area contributed by atoms with Gasteiger partial charge in [0, 0.05) is 18.1 Å². The third-order valence-electron chi connectivity index (χ3n) is 2.77. The Morgan fingerprint density at radius 2 is 1.35 bits per heavy atom. The molecule has 2 rings (SSSR count). The van der Waals surface area contributed by atoms with Crippen LogP contribution in [-0.4, -0.2) is 25.8 Å². The number of hydrogen-bond acceptors (Lipinski definition) is 2. The first-order chi connectivity index (χ1) is 9.60. The molecule has 0 spiro atoms. The molecular weight excluding hydrogens is 294 g/mol. The summed E-state index contributed by atoms with van der Waals surface area (Å²) in [4.78, 5) is 0.332. The largest absolute Gasteiger partial charge is 0.243 e. The van der Waals surface area contributed by atoms with Crippen LogP contribution in [0.3, 0.4) is 0 Å². The van der Waals surface area contributed by atoms with Crippen molar-refractivity contribution in [3.63, 3.8) is 0 Å². The molecule has 1 fully saturated rings. The fourth-order valence-corrected chi connectivity index (χ4v) is 3.50. The molecule has 1 aliphatic rings. The first-order valence-corrected chi connectivity index (χ1v) is 9.18. The van der Waals surface area contributed by atoms with Crippen molar-refractivity contribution < 1.29 is 8.42 Å². The Morgan fingerprint density at radius 3 is 1.80 bits per heavy atom. The Balaban J connectivity index is 0.000000829. The van der Waals surface area contributed by atoms with Gasteiger partial charge in [0.25, 0.3) is 0 Å². The average Bonchev–Trinajstić information content (AvgIpc) is 2.52. The van der Waals surface area contributed by atoms with Crippen LogP contribution < -0.4 is 0 Å². The SMILES string of the molecule is CC.CC.O=S(=O)(c1ccc(Cl)cc1)N1CCCCC1. The zero-order chi connectivity index (χ0) is 15.6. The summed E-state index contributed by atoms with van der Waals surface area (Å²) in [5.74, 6) is 0. The van der Waals surface area contributed by atoms with E-state index in [4.69, 9.17) is 11.6 Å². The smallest absolute Gasteiger partial charge is 0.207 e. The van der Waals surface area contributed by atoms with Gasteiger partial charge in [-0.15, -0.1) is 0 Å². The van der Waals surface area contributed by atoms with E-state index in [0.717, 1.165) is 19.3 Å². The van der Waals surface area contributed by atoms with Crippen LogP contribution in [0, 0.1) is 0 Å². The summed E-state index contributed by atoms with van der Waals surface area (Å²) in [6.07, 6.45) is 3.02. The van der Waals surface area contributed by atoms with Crippen molar-refractivity contribution >= 4 is 21.6 Å². The molecule has 20 heavy (non-hydrogen) atoms. The molecule has 3 nitrogen and oxygen atoms in total. The van der Waals surface area contributed by atoms with Crippen LogP contribution in [0.15, 0.2) is 29.2 Å². The molecule has 0 aliphatic carbocycles. The van der Waals surface area contributed by atoms with Gasteiger partial charge in [-0.05, 0) is 37.1 Å². The highest BCUT2D eigenvalue weighted by atomic mass is 35.5. The predicted molar refractivity (Wildman–Crippen MR) is 86.8 cm³/mol. The van der Waals surface area contributed by atoms with Crippen LogP contribution in [0.4, 0.5) is 0 Å². The minimum Gasteiger partial charge on any atom is -0.207 e. The molecule has 5 heteroatoms. The summed E-state index contributed by atoms with van der Waals surface area (Å²) in [6, 6.07) is 6.34. The molecule has 1 aromatic carbocycles. The van der Waals surface area contributed by atoms with Crippen LogP contribution in [0.25, 0.3) is 0 Å². The third-order valence-corrected chi connectivity index (χ3v) is 4.93. The summed E-state index contributed by atoms with van der Waals surface area (Å²) in [6.45, 7) is 9.26. The van der Waals surface area contributed by atoms with Crippen LogP contribution >= 0.6 is 11.6 Å². The van der Waals surface area contributed by atoms with Crippen molar-refractivity contribution in [2.24, 2.45) is 0 Å². The van der Waals surface area contributed by atoms with Crippen molar-refractivity contribution in [1.82, 2.24) is 4.31 Å². The van der Waals surface area contributed by atoms with Gasteiger partial charge in [-0.25, -0.2) is 8.42 Å². The van der Waals surface area contributed by atoms with Crippen LogP contribution in [0.1, 0.15) is 47.0 Å². The molecule has 1 saturated heterocycles. The van der Waals surface area contributed by atoms with E-state index in [1.165, 1.54) is 0 Å². The lowest BCUT2D eigenvalue weighted by molar-refractivity contribution is 0.346. The van der Waals surface area contributed by atoms with Gasteiger partial charge in [0.05, 0.1) is 4.90 Å². The van der Waals surface area contributed by atoms with E-state index in [-0.39, 0.29) is 0 Å². The highest BCUT2D eigenvalue weighted by molar-refractivity contribution is 7.89. The summed E-state index contributed by atoms with van der Waals surface area (Å²) >= 11 is 5.74. The number of sulfonamides is 1. The monoisotopic (exact) mass is 319 g/mol. The normalized spacial score (nSPS) is 15.4. The lowest BCUT2D eigenvalue weighted by Gasteiger charge is -2.25. The van der Waals surface area contributed by atoms with Gasteiger partial charge in [0.15, 0.2) is 0 Å². The molecule has 0 aromatic heterocycles. The summed E-state index contributed by atoms with van der Waals surface area (Å²) in [5.41, 5.74) is 0. The first kappa shape index (κ1) is 19.4. The molecule has 0 amide bonds. The van der Waals surface area contributed by atoms with Crippen LogP contribution in [-0.2, 0) is 10.0 Å². The second-order valence-electron chi connectivity index (χ2n) is 3.92. The highest BCUT2D eigenvalue weighted by Crippen LogP contribution is 2.21. The number of halogens is 1. The molecule has 0 saturated carbocycles. The maximum absolute atomic E-state index is 12.2. The van der Waals surface area contributed by atoms with Gasteiger partial charge in [-0.3, -0.25) is 0 Å². The molecular formula is C15H26ClNO2S. The number of rotatable bonds is 2. The second-order valence-corrected chi connectivity index (χ2v) is 6.29. The molecule has 116 valence electrons. The Hall–Kier alpha value is -0.580. The number of nitrogens with zero attached hydrogens (tertiary/aromatic N) is 1. The minimum absolute atomic E-state index is 0.332. The fraction of sp³-hybridized carbons (Fsp3) is 0.600. The van der Waals surface area contributed by atoms with Gasteiger partial charge in [-0.2, -0.15) is 4.31 Å². The van der Waals surface area contributed by atoms with E-state index in [1.807, 2.05) is 27.7 Å². The fourth-order valence-electron chi connectivity index (χ4n) is 1.86. The standard InChI is InChI=1S/C11H14ClNO2S.2C2H6/c12-10-4-6-11(7-5-10)16(14,15)13-8-2-1-3-9-13;2*1-2/h4-7H,1-3,8-9H2;2*1-2H3. The molecule has 1 aromatic rings. The van der Waals surface area contributed by atoms with Gasteiger partial charge in [-0.1, -0.05) is 45.7 Å². The molecule has 0 bridgehead atoms. The zero-order valence-electron chi connectivity index (χ0n) is 12.9. The summed E-state index contributed by atoms with van der Waals surface area (Å²) < 4.78 is 25.9. The van der Waals surface area contributed by atoms with Crippen molar-refractivity contribution in [2.75, 3.05) is 13.1 Å². The van der Waals surface area contributed by atoms with E-state index in [2.05, 4.69) is 0 Å². The zero-order valence-corrected chi connectivity index (χ0v) is 14.5. The van der Waals surface area contributed by atoms with E-state index in [0.29, 0.717) is 23.0 Å².